The lowest BCUT2D eigenvalue weighted by molar-refractivity contribution is -0.144. The smallest absolute Gasteiger partial charge is 0.307 e. The molecule has 0 saturated carbocycles. The van der Waals surface area contributed by atoms with E-state index in [2.05, 4.69) is 25.7 Å². The molecule has 1 N–H and O–H groups in total. The second-order valence-corrected chi connectivity index (χ2v) is 4.80. The molecule has 1 heterocycles. The summed E-state index contributed by atoms with van der Waals surface area (Å²) in [5.41, 5.74) is 0. The van der Waals surface area contributed by atoms with Gasteiger partial charge in [-0.2, -0.15) is 0 Å². The Balaban J connectivity index is 2.52. The third kappa shape index (κ3) is 3.20. The summed E-state index contributed by atoms with van der Waals surface area (Å²) in [6.07, 6.45) is 3.03. The molecular weight excluding hydrogens is 190 g/mol. The van der Waals surface area contributed by atoms with Crippen LogP contribution in [0.1, 0.15) is 40.0 Å². The van der Waals surface area contributed by atoms with E-state index in [-0.39, 0.29) is 5.92 Å². The lowest BCUT2D eigenvalue weighted by Crippen LogP contribution is -2.45. The lowest BCUT2D eigenvalue weighted by Gasteiger charge is -2.37. The zero-order chi connectivity index (χ0) is 11.4. The van der Waals surface area contributed by atoms with Gasteiger partial charge in [-0.15, -0.1) is 0 Å². The highest BCUT2D eigenvalue weighted by Gasteiger charge is 2.29. The molecule has 1 saturated heterocycles. The third-order valence-corrected chi connectivity index (χ3v) is 3.85. The van der Waals surface area contributed by atoms with Crippen LogP contribution in [0, 0.1) is 11.8 Å². The molecule has 88 valence electrons. The molecule has 3 nitrogen and oxygen atoms in total. The van der Waals surface area contributed by atoms with Gasteiger partial charge in [-0.3, -0.25) is 9.69 Å². The predicted octanol–water partition coefficient (Wildman–Crippen LogP) is 2.22. The number of hydrogen-bond donors (Lipinski definition) is 1. The van der Waals surface area contributed by atoms with E-state index in [1.165, 1.54) is 0 Å². The first-order valence-electron chi connectivity index (χ1n) is 6.03. The van der Waals surface area contributed by atoms with E-state index < -0.39 is 5.97 Å². The second-order valence-electron chi connectivity index (χ2n) is 4.80. The first-order chi connectivity index (χ1) is 7.06. The van der Waals surface area contributed by atoms with E-state index in [4.69, 9.17) is 5.11 Å². The monoisotopic (exact) mass is 213 g/mol. The molecule has 0 bridgehead atoms. The zero-order valence-electron chi connectivity index (χ0n) is 10.1. The van der Waals surface area contributed by atoms with Crippen molar-refractivity contribution >= 4 is 5.97 Å². The van der Waals surface area contributed by atoms with Crippen LogP contribution in [0.4, 0.5) is 0 Å². The summed E-state index contributed by atoms with van der Waals surface area (Å²) in [5.74, 6) is -0.126. The third-order valence-electron chi connectivity index (χ3n) is 3.85. The highest BCUT2D eigenvalue weighted by molar-refractivity contribution is 5.70. The van der Waals surface area contributed by atoms with Gasteiger partial charge in [0.2, 0.25) is 0 Å². The Labute approximate surface area is 92.5 Å². The molecule has 0 amide bonds. The van der Waals surface area contributed by atoms with Crippen LogP contribution in [0.2, 0.25) is 0 Å². The first-order valence-corrected chi connectivity index (χ1v) is 6.03. The Bertz CT molecular complexity index is 218. The maximum atomic E-state index is 10.9. The largest absolute Gasteiger partial charge is 0.481 e. The normalized spacial score (nSPS) is 27.3. The maximum absolute atomic E-state index is 10.9. The van der Waals surface area contributed by atoms with Crippen LogP contribution < -0.4 is 0 Å². The van der Waals surface area contributed by atoms with Crippen LogP contribution in [0.3, 0.4) is 0 Å². The SMILES string of the molecule is CCC(C)C(C)N1CCCC(C(=O)O)C1. The van der Waals surface area contributed by atoms with Gasteiger partial charge in [-0.25, -0.2) is 0 Å². The van der Waals surface area contributed by atoms with Gasteiger partial charge in [0.05, 0.1) is 5.92 Å². The fraction of sp³-hybridized carbons (Fsp3) is 0.917. The van der Waals surface area contributed by atoms with Crippen LogP contribution in [0.5, 0.6) is 0 Å². The molecule has 1 aliphatic rings. The molecular formula is C12H23NO2. The molecule has 0 spiro atoms. The highest BCUT2D eigenvalue weighted by Crippen LogP contribution is 2.22. The number of likely N-dealkylation sites (tertiary alicyclic amines) is 1. The van der Waals surface area contributed by atoms with Gasteiger partial charge in [0.25, 0.3) is 0 Å². The summed E-state index contributed by atoms with van der Waals surface area (Å²) in [5, 5.41) is 9.01. The van der Waals surface area contributed by atoms with Crippen molar-refractivity contribution in [1.82, 2.24) is 4.90 Å². The van der Waals surface area contributed by atoms with Crippen molar-refractivity contribution in [3.05, 3.63) is 0 Å². The number of hydrogen-bond acceptors (Lipinski definition) is 2. The summed E-state index contributed by atoms with van der Waals surface area (Å²) in [6, 6.07) is 0.511. The Morgan fingerprint density at radius 1 is 1.53 bits per heavy atom. The van der Waals surface area contributed by atoms with Crippen molar-refractivity contribution < 1.29 is 9.90 Å². The van der Waals surface area contributed by atoms with E-state index >= 15 is 0 Å². The minimum atomic E-state index is -0.629. The summed E-state index contributed by atoms with van der Waals surface area (Å²) < 4.78 is 0. The molecule has 1 fully saturated rings. The molecule has 0 aromatic heterocycles. The lowest BCUT2D eigenvalue weighted by atomic mass is 9.93. The Morgan fingerprint density at radius 3 is 2.73 bits per heavy atom. The van der Waals surface area contributed by atoms with E-state index in [0.717, 1.165) is 32.4 Å². The first kappa shape index (κ1) is 12.5. The summed E-state index contributed by atoms with van der Waals surface area (Å²) in [7, 11) is 0. The molecule has 3 heteroatoms. The van der Waals surface area contributed by atoms with Gasteiger partial charge < -0.3 is 5.11 Å². The van der Waals surface area contributed by atoms with Gasteiger partial charge in [-0.05, 0) is 32.2 Å². The second kappa shape index (κ2) is 5.50. The number of aliphatic carboxylic acids is 1. The van der Waals surface area contributed by atoms with E-state index in [0.29, 0.717) is 12.0 Å². The number of piperidine rings is 1. The average Bonchev–Trinajstić information content (AvgIpc) is 2.27. The quantitative estimate of drug-likeness (QED) is 0.778. The van der Waals surface area contributed by atoms with E-state index in [1.807, 2.05) is 0 Å². The van der Waals surface area contributed by atoms with Crippen LogP contribution in [-0.4, -0.2) is 35.1 Å². The number of carboxylic acids is 1. The van der Waals surface area contributed by atoms with Crippen molar-refractivity contribution in [2.24, 2.45) is 11.8 Å². The van der Waals surface area contributed by atoms with Gasteiger partial charge in [0.15, 0.2) is 0 Å². The molecule has 0 aromatic carbocycles. The molecule has 0 aromatic rings. The predicted molar refractivity (Wildman–Crippen MR) is 60.8 cm³/mol. The minimum Gasteiger partial charge on any atom is -0.481 e. The topological polar surface area (TPSA) is 40.5 Å². The molecule has 0 radical (unpaired) electrons. The van der Waals surface area contributed by atoms with Gasteiger partial charge in [0.1, 0.15) is 0 Å². The van der Waals surface area contributed by atoms with Gasteiger partial charge >= 0.3 is 5.97 Å². The number of nitrogens with zero attached hydrogens (tertiary/aromatic N) is 1. The van der Waals surface area contributed by atoms with Crippen LogP contribution in [-0.2, 0) is 4.79 Å². The molecule has 0 aliphatic carbocycles. The van der Waals surface area contributed by atoms with Crippen molar-refractivity contribution in [2.75, 3.05) is 13.1 Å². The van der Waals surface area contributed by atoms with Crippen LogP contribution in [0.25, 0.3) is 0 Å². The summed E-state index contributed by atoms with van der Waals surface area (Å²) in [4.78, 5) is 13.3. The molecule has 15 heavy (non-hydrogen) atoms. The van der Waals surface area contributed by atoms with Gasteiger partial charge in [0, 0.05) is 12.6 Å². The fourth-order valence-electron chi connectivity index (χ4n) is 2.28. The highest BCUT2D eigenvalue weighted by atomic mass is 16.4. The summed E-state index contributed by atoms with van der Waals surface area (Å²) in [6.45, 7) is 8.46. The average molecular weight is 213 g/mol. The zero-order valence-corrected chi connectivity index (χ0v) is 10.1. The summed E-state index contributed by atoms with van der Waals surface area (Å²) >= 11 is 0. The maximum Gasteiger partial charge on any atom is 0.307 e. The van der Waals surface area contributed by atoms with Crippen molar-refractivity contribution in [2.45, 2.75) is 46.1 Å². The van der Waals surface area contributed by atoms with Crippen molar-refractivity contribution in [1.29, 1.82) is 0 Å². The van der Waals surface area contributed by atoms with Crippen LogP contribution >= 0.6 is 0 Å². The Hall–Kier alpha value is -0.570. The van der Waals surface area contributed by atoms with Gasteiger partial charge in [-0.1, -0.05) is 20.3 Å². The Kier molecular flexibility index (Phi) is 4.58. The van der Waals surface area contributed by atoms with E-state index in [9.17, 15) is 4.79 Å². The standard InChI is InChI=1S/C12H23NO2/c1-4-9(2)10(3)13-7-5-6-11(8-13)12(14)15/h9-11H,4-8H2,1-3H3,(H,14,15). The fourth-order valence-corrected chi connectivity index (χ4v) is 2.28. The van der Waals surface area contributed by atoms with E-state index in [1.54, 1.807) is 0 Å². The van der Waals surface area contributed by atoms with Crippen molar-refractivity contribution in [3.63, 3.8) is 0 Å². The Morgan fingerprint density at radius 2 is 2.20 bits per heavy atom. The molecule has 1 aliphatic heterocycles. The number of carbonyl (C=O) groups is 1. The number of carboxylic acid groups (broad SMARTS) is 1. The molecule has 1 rings (SSSR count). The molecule has 3 unspecified atom stereocenters. The minimum absolute atomic E-state index is 0.148. The van der Waals surface area contributed by atoms with Crippen LogP contribution in [0.15, 0.2) is 0 Å². The van der Waals surface area contributed by atoms with Crippen molar-refractivity contribution in [3.8, 4) is 0 Å². The number of rotatable bonds is 4. The molecule has 3 atom stereocenters.